The molecule has 1 aromatic carbocycles. The van der Waals surface area contributed by atoms with Crippen LogP contribution in [0, 0.1) is 17.8 Å². The normalized spacial score (nSPS) is 17.5. The number of nitrogen functional groups attached to an aromatic ring is 1. The molecular formula is C12H11FN2O2. The standard InChI is InChI=1S/C12H11FN2O2/c1-2-3-15-8(6-16)7-17-12-4-9(13)10(14)5-11(12)15/h4-6,8H,7,14H2,1H3. The number of aldehydes is 1. The molecule has 0 saturated carbocycles. The molecule has 0 saturated heterocycles. The fraction of sp³-hybridized carbons (Fsp3) is 0.250. The zero-order valence-corrected chi connectivity index (χ0v) is 9.24. The van der Waals surface area contributed by atoms with Crippen LogP contribution in [0.5, 0.6) is 5.75 Å². The number of hydrogen-bond donors (Lipinski definition) is 1. The maximum absolute atomic E-state index is 13.3. The van der Waals surface area contributed by atoms with Crippen molar-refractivity contribution in [1.82, 2.24) is 0 Å². The highest BCUT2D eigenvalue weighted by molar-refractivity contribution is 5.76. The minimum absolute atomic E-state index is 0.00167. The number of halogens is 1. The van der Waals surface area contributed by atoms with Crippen LogP contribution in [0.4, 0.5) is 15.8 Å². The second kappa shape index (κ2) is 4.34. The van der Waals surface area contributed by atoms with E-state index in [0.29, 0.717) is 11.4 Å². The third-order valence-electron chi connectivity index (χ3n) is 2.47. The highest BCUT2D eigenvalue weighted by Crippen LogP contribution is 2.36. The van der Waals surface area contributed by atoms with E-state index in [1.54, 1.807) is 11.8 Å². The monoisotopic (exact) mass is 234 g/mol. The van der Waals surface area contributed by atoms with E-state index in [1.165, 1.54) is 12.1 Å². The van der Waals surface area contributed by atoms with Crippen LogP contribution in [0.15, 0.2) is 12.1 Å². The summed E-state index contributed by atoms with van der Waals surface area (Å²) in [5.74, 6) is 2.50. The highest BCUT2D eigenvalue weighted by Gasteiger charge is 2.27. The van der Waals surface area contributed by atoms with Crippen molar-refractivity contribution in [3.8, 4) is 17.7 Å². The van der Waals surface area contributed by atoms with E-state index in [-0.39, 0.29) is 12.3 Å². The molecule has 5 heteroatoms. The van der Waals surface area contributed by atoms with Crippen LogP contribution in [-0.4, -0.2) is 18.9 Å². The van der Waals surface area contributed by atoms with Gasteiger partial charge >= 0.3 is 0 Å². The van der Waals surface area contributed by atoms with Gasteiger partial charge in [0.15, 0.2) is 0 Å². The number of hydrogen-bond acceptors (Lipinski definition) is 4. The average Bonchev–Trinajstić information content (AvgIpc) is 2.32. The Morgan fingerprint density at radius 2 is 2.41 bits per heavy atom. The van der Waals surface area contributed by atoms with Gasteiger partial charge in [0, 0.05) is 12.1 Å². The summed E-state index contributed by atoms with van der Waals surface area (Å²) in [5.41, 5.74) is 6.01. The zero-order chi connectivity index (χ0) is 12.4. The average molecular weight is 234 g/mol. The Morgan fingerprint density at radius 3 is 3.06 bits per heavy atom. The van der Waals surface area contributed by atoms with Gasteiger partial charge in [0.25, 0.3) is 0 Å². The third-order valence-corrected chi connectivity index (χ3v) is 2.47. The van der Waals surface area contributed by atoms with Crippen LogP contribution in [0.2, 0.25) is 0 Å². The number of carbonyl (C=O) groups excluding carboxylic acids is 1. The Labute approximate surface area is 98.2 Å². The van der Waals surface area contributed by atoms with Gasteiger partial charge in [-0.15, -0.1) is 0 Å². The van der Waals surface area contributed by atoms with Crippen LogP contribution in [0.3, 0.4) is 0 Å². The molecule has 17 heavy (non-hydrogen) atoms. The number of nitrogens with zero attached hydrogens (tertiary/aromatic N) is 1. The van der Waals surface area contributed by atoms with E-state index in [9.17, 15) is 9.18 Å². The van der Waals surface area contributed by atoms with Gasteiger partial charge < -0.3 is 15.3 Å². The van der Waals surface area contributed by atoms with Crippen molar-refractivity contribution in [3.63, 3.8) is 0 Å². The molecule has 0 amide bonds. The Balaban J connectivity index is 2.54. The first-order chi connectivity index (χ1) is 8.17. The number of benzene rings is 1. The molecule has 1 aromatic rings. The molecule has 0 aromatic heterocycles. The van der Waals surface area contributed by atoms with Crippen molar-refractivity contribution in [3.05, 3.63) is 17.9 Å². The summed E-state index contributed by atoms with van der Waals surface area (Å²) < 4.78 is 18.6. The summed E-state index contributed by atoms with van der Waals surface area (Å²) in [6.07, 6.45) is 0.743. The molecule has 1 aliphatic heterocycles. The molecule has 2 N–H and O–H groups in total. The van der Waals surface area contributed by atoms with E-state index < -0.39 is 11.9 Å². The Hall–Kier alpha value is -2.22. The van der Waals surface area contributed by atoms with Gasteiger partial charge in [0.2, 0.25) is 0 Å². The number of anilines is 2. The third kappa shape index (κ3) is 1.89. The minimum atomic E-state index is -0.544. The number of rotatable bonds is 1. The van der Waals surface area contributed by atoms with Crippen molar-refractivity contribution >= 4 is 17.7 Å². The largest absolute Gasteiger partial charge is 0.489 e. The molecule has 0 spiro atoms. The smallest absolute Gasteiger partial charge is 0.149 e. The van der Waals surface area contributed by atoms with Gasteiger partial charge in [0.1, 0.15) is 30.5 Å². The van der Waals surface area contributed by atoms with Gasteiger partial charge in [-0.3, -0.25) is 4.90 Å². The SMILES string of the molecule is CC#CN1c2cc(N)c(F)cc2OCC1C=O. The summed E-state index contributed by atoms with van der Waals surface area (Å²) in [6, 6.07) is 4.91. The van der Waals surface area contributed by atoms with Crippen LogP contribution in [0.25, 0.3) is 0 Å². The fourth-order valence-corrected chi connectivity index (χ4v) is 1.66. The van der Waals surface area contributed by atoms with Crippen molar-refractivity contribution in [1.29, 1.82) is 0 Å². The molecule has 1 unspecified atom stereocenters. The van der Waals surface area contributed by atoms with Gasteiger partial charge in [-0.05, 0) is 13.0 Å². The number of fused-ring (bicyclic) bond motifs is 1. The fourth-order valence-electron chi connectivity index (χ4n) is 1.66. The second-order valence-corrected chi connectivity index (χ2v) is 3.59. The molecule has 0 bridgehead atoms. The first-order valence-electron chi connectivity index (χ1n) is 5.06. The van der Waals surface area contributed by atoms with Crippen molar-refractivity contribution in [2.24, 2.45) is 0 Å². The van der Waals surface area contributed by atoms with Crippen LogP contribution in [0.1, 0.15) is 6.92 Å². The van der Waals surface area contributed by atoms with Crippen LogP contribution >= 0.6 is 0 Å². The van der Waals surface area contributed by atoms with Crippen molar-refractivity contribution < 1.29 is 13.9 Å². The lowest BCUT2D eigenvalue weighted by atomic mass is 10.1. The van der Waals surface area contributed by atoms with Gasteiger partial charge in [-0.2, -0.15) is 0 Å². The van der Waals surface area contributed by atoms with E-state index in [0.717, 1.165) is 6.29 Å². The summed E-state index contributed by atoms with van der Waals surface area (Å²) in [7, 11) is 0. The maximum atomic E-state index is 13.3. The number of carbonyl (C=O) groups is 1. The molecular weight excluding hydrogens is 223 g/mol. The summed E-state index contributed by atoms with van der Waals surface area (Å²) in [6.45, 7) is 1.80. The molecule has 88 valence electrons. The molecule has 0 radical (unpaired) electrons. The molecule has 0 aliphatic carbocycles. The maximum Gasteiger partial charge on any atom is 0.149 e. The van der Waals surface area contributed by atoms with Crippen molar-refractivity contribution in [2.45, 2.75) is 13.0 Å². The van der Waals surface area contributed by atoms with E-state index in [1.807, 2.05) is 0 Å². The lowest BCUT2D eigenvalue weighted by molar-refractivity contribution is -0.109. The molecule has 2 rings (SSSR count). The highest BCUT2D eigenvalue weighted by atomic mass is 19.1. The molecule has 1 atom stereocenters. The Kier molecular flexibility index (Phi) is 2.88. The molecule has 4 nitrogen and oxygen atoms in total. The summed E-state index contributed by atoms with van der Waals surface area (Å²) in [5, 5.41) is 0. The van der Waals surface area contributed by atoms with E-state index >= 15 is 0 Å². The summed E-state index contributed by atoms with van der Waals surface area (Å²) in [4.78, 5) is 12.5. The number of nitrogens with two attached hydrogens (primary N) is 1. The van der Waals surface area contributed by atoms with Crippen molar-refractivity contribution in [2.75, 3.05) is 17.2 Å². The van der Waals surface area contributed by atoms with Crippen LogP contribution < -0.4 is 15.4 Å². The lowest BCUT2D eigenvalue weighted by Gasteiger charge is -2.31. The predicted molar refractivity (Wildman–Crippen MR) is 62.1 cm³/mol. The van der Waals surface area contributed by atoms with E-state index in [4.69, 9.17) is 10.5 Å². The first kappa shape index (κ1) is 11.3. The predicted octanol–water partition coefficient (Wildman–Crippen LogP) is 1.16. The zero-order valence-electron chi connectivity index (χ0n) is 9.24. The Bertz CT molecular complexity index is 519. The topological polar surface area (TPSA) is 55.6 Å². The molecule has 0 fully saturated rings. The Morgan fingerprint density at radius 1 is 1.65 bits per heavy atom. The quantitative estimate of drug-likeness (QED) is 0.450. The van der Waals surface area contributed by atoms with E-state index in [2.05, 4.69) is 12.0 Å². The first-order valence-corrected chi connectivity index (χ1v) is 5.06. The van der Waals surface area contributed by atoms with Gasteiger partial charge in [-0.25, -0.2) is 4.39 Å². The molecule has 1 aliphatic rings. The number of ether oxygens (including phenoxy) is 1. The summed E-state index contributed by atoms with van der Waals surface area (Å²) >= 11 is 0. The lowest BCUT2D eigenvalue weighted by Crippen LogP contribution is -2.41. The van der Waals surface area contributed by atoms with Gasteiger partial charge in [0.05, 0.1) is 11.4 Å². The second-order valence-electron chi connectivity index (χ2n) is 3.59. The van der Waals surface area contributed by atoms with Crippen LogP contribution in [-0.2, 0) is 4.79 Å². The minimum Gasteiger partial charge on any atom is -0.489 e. The van der Waals surface area contributed by atoms with Gasteiger partial charge in [-0.1, -0.05) is 5.92 Å². The molecule has 1 heterocycles.